The largest absolute Gasteiger partial charge is 0.424 e. The number of thiazole rings is 1. The minimum atomic E-state index is 0.324. The van der Waals surface area contributed by atoms with Crippen LogP contribution >= 0.6 is 11.3 Å². The summed E-state index contributed by atoms with van der Waals surface area (Å²) in [4.78, 5) is 12.3. The average molecular weight is 311 g/mol. The molecule has 0 unspecified atom stereocenters. The summed E-state index contributed by atoms with van der Waals surface area (Å²) in [5.74, 6) is 0.673. The zero-order valence-corrected chi connectivity index (χ0v) is 12.6. The van der Waals surface area contributed by atoms with E-state index in [1.54, 1.807) is 24.7 Å². The van der Waals surface area contributed by atoms with E-state index in [0.29, 0.717) is 11.8 Å². The van der Waals surface area contributed by atoms with Gasteiger partial charge in [0.05, 0.1) is 11.9 Å². The number of hydrogen-bond acceptors (Lipinski definition) is 7. The number of nitrogens with zero attached hydrogens (tertiary/aromatic N) is 4. The first-order valence-corrected chi connectivity index (χ1v) is 7.44. The van der Waals surface area contributed by atoms with E-state index in [4.69, 9.17) is 4.74 Å². The Morgan fingerprint density at radius 3 is 2.64 bits per heavy atom. The quantitative estimate of drug-likeness (QED) is 0.577. The Bertz CT molecular complexity index is 755. The molecule has 0 aliphatic rings. The molecule has 0 radical (unpaired) electrons. The van der Waals surface area contributed by atoms with Crippen molar-refractivity contribution in [2.24, 2.45) is 5.10 Å². The van der Waals surface area contributed by atoms with E-state index in [1.807, 2.05) is 36.6 Å². The zero-order chi connectivity index (χ0) is 15.2. The Kier molecular flexibility index (Phi) is 4.35. The molecule has 1 aromatic carbocycles. The van der Waals surface area contributed by atoms with Gasteiger partial charge in [-0.2, -0.15) is 5.10 Å². The van der Waals surface area contributed by atoms with Crippen molar-refractivity contribution >= 4 is 22.7 Å². The highest BCUT2D eigenvalue weighted by Gasteiger charge is 1.99. The number of hydrogen-bond donors (Lipinski definition) is 1. The molecule has 0 aliphatic heterocycles. The van der Waals surface area contributed by atoms with E-state index in [-0.39, 0.29) is 0 Å². The van der Waals surface area contributed by atoms with Crippen LogP contribution < -0.4 is 10.2 Å². The van der Waals surface area contributed by atoms with Crippen LogP contribution in [0.1, 0.15) is 11.3 Å². The third-order valence-electron chi connectivity index (χ3n) is 2.62. The minimum absolute atomic E-state index is 0.324. The topological polar surface area (TPSA) is 72.3 Å². The molecule has 3 rings (SSSR count). The van der Waals surface area contributed by atoms with Gasteiger partial charge in [0.15, 0.2) is 0 Å². The zero-order valence-electron chi connectivity index (χ0n) is 11.8. The number of aromatic nitrogens is 3. The fourth-order valence-electron chi connectivity index (χ4n) is 1.63. The Labute approximate surface area is 131 Å². The predicted octanol–water partition coefficient (Wildman–Crippen LogP) is 3.48. The van der Waals surface area contributed by atoms with Gasteiger partial charge in [-0.15, -0.1) is 11.3 Å². The van der Waals surface area contributed by atoms with Crippen LogP contribution in [0.4, 0.5) is 5.13 Å². The average Bonchev–Trinajstić information content (AvgIpc) is 2.96. The van der Waals surface area contributed by atoms with Crippen LogP contribution in [-0.2, 0) is 0 Å². The summed E-state index contributed by atoms with van der Waals surface area (Å²) in [6, 6.07) is 9.54. The number of rotatable bonds is 5. The first kappa shape index (κ1) is 14.2. The lowest BCUT2D eigenvalue weighted by atomic mass is 10.2. The van der Waals surface area contributed by atoms with Crippen LogP contribution in [0, 0.1) is 6.92 Å². The number of nitrogens with one attached hydrogen (secondary N) is 1. The Balaban J connectivity index is 1.59. The van der Waals surface area contributed by atoms with Crippen LogP contribution in [-0.4, -0.2) is 21.2 Å². The highest BCUT2D eigenvalue weighted by molar-refractivity contribution is 7.13. The second kappa shape index (κ2) is 6.77. The van der Waals surface area contributed by atoms with E-state index in [0.717, 1.165) is 16.4 Å². The molecular weight excluding hydrogens is 298 g/mol. The van der Waals surface area contributed by atoms with Crippen LogP contribution in [0.25, 0.3) is 0 Å². The molecule has 0 fully saturated rings. The van der Waals surface area contributed by atoms with Crippen molar-refractivity contribution < 1.29 is 4.74 Å². The molecule has 0 aliphatic carbocycles. The normalized spacial score (nSPS) is 10.8. The highest BCUT2D eigenvalue weighted by Crippen LogP contribution is 2.17. The summed E-state index contributed by atoms with van der Waals surface area (Å²) in [7, 11) is 0. The van der Waals surface area contributed by atoms with E-state index in [9.17, 15) is 0 Å². The van der Waals surface area contributed by atoms with Gasteiger partial charge in [0, 0.05) is 17.8 Å². The fraction of sp³-hybridized carbons (Fsp3) is 0.0667. The van der Waals surface area contributed by atoms with E-state index in [1.165, 1.54) is 11.3 Å². The van der Waals surface area contributed by atoms with E-state index in [2.05, 4.69) is 25.5 Å². The lowest BCUT2D eigenvalue weighted by Crippen LogP contribution is -1.92. The van der Waals surface area contributed by atoms with Gasteiger partial charge in [-0.05, 0) is 42.8 Å². The molecule has 7 heteroatoms. The van der Waals surface area contributed by atoms with Crippen LogP contribution in [0.5, 0.6) is 11.8 Å². The van der Waals surface area contributed by atoms with Crippen molar-refractivity contribution in [2.75, 3.05) is 5.43 Å². The Morgan fingerprint density at radius 1 is 1.18 bits per heavy atom. The smallest absolute Gasteiger partial charge is 0.321 e. The van der Waals surface area contributed by atoms with E-state index >= 15 is 0 Å². The van der Waals surface area contributed by atoms with Crippen LogP contribution in [0.3, 0.4) is 0 Å². The predicted molar refractivity (Wildman–Crippen MR) is 86.6 cm³/mol. The maximum atomic E-state index is 5.52. The number of ether oxygens (including phenoxy) is 1. The molecule has 110 valence electrons. The summed E-state index contributed by atoms with van der Waals surface area (Å²) in [5.41, 5.74) is 4.82. The van der Waals surface area contributed by atoms with Gasteiger partial charge in [-0.3, -0.25) is 5.43 Å². The number of anilines is 1. The summed E-state index contributed by atoms with van der Waals surface area (Å²) in [5, 5.41) is 6.89. The molecule has 0 bridgehead atoms. The second-order valence-corrected chi connectivity index (χ2v) is 5.22. The number of benzene rings is 1. The summed E-state index contributed by atoms with van der Waals surface area (Å²) in [6.07, 6.45) is 4.99. The number of aryl methyl sites for hydroxylation is 1. The van der Waals surface area contributed by atoms with Crippen LogP contribution in [0.15, 0.2) is 53.2 Å². The van der Waals surface area contributed by atoms with Crippen molar-refractivity contribution in [2.45, 2.75) is 6.92 Å². The molecule has 0 amide bonds. The lowest BCUT2D eigenvalue weighted by Gasteiger charge is -2.02. The van der Waals surface area contributed by atoms with Crippen molar-refractivity contribution in [1.29, 1.82) is 0 Å². The maximum absolute atomic E-state index is 5.52. The maximum Gasteiger partial charge on any atom is 0.321 e. The molecule has 0 spiro atoms. The lowest BCUT2D eigenvalue weighted by molar-refractivity contribution is 0.442. The molecule has 2 heterocycles. The third-order valence-corrected chi connectivity index (χ3v) is 3.49. The van der Waals surface area contributed by atoms with Crippen molar-refractivity contribution in [3.63, 3.8) is 0 Å². The van der Waals surface area contributed by atoms with Crippen molar-refractivity contribution in [1.82, 2.24) is 15.0 Å². The fourth-order valence-corrected chi connectivity index (χ4v) is 2.27. The van der Waals surface area contributed by atoms with Gasteiger partial charge in [0.25, 0.3) is 0 Å². The summed E-state index contributed by atoms with van der Waals surface area (Å²) >= 11 is 1.52. The minimum Gasteiger partial charge on any atom is -0.424 e. The molecule has 22 heavy (non-hydrogen) atoms. The molecule has 0 saturated carbocycles. The van der Waals surface area contributed by atoms with E-state index < -0.39 is 0 Å². The summed E-state index contributed by atoms with van der Waals surface area (Å²) in [6.45, 7) is 1.95. The third kappa shape index (κ3) is 3.86. The highest BCUT2D eigenvalue weighted by atomic mass is 32.1. The molecule has 1 N–H and O–H groups in total. The SMILES string of the molecule is Cc1csc(NN=Cc2ccc(Oc3ncccn3)cc2)n1. The van der Waals surface area contributed by atoms with Crippen molar-refractivity contribution in [3.05, 3.63) is 59.4 Å². The molecular formula is C15H13N5OS. The van der Waals surface area contributed by atoms with Gasteiger partial charge < -0.3 is 4.74 Å². The Hall–Kier alpha value is -2.80. The van der Waals surface area contributed by atoms with Crippen molar-refractivity contribution in [3.8, 4) is 11.8 Å². The monoisotopic (exact) mass is 311 g/mol. The molecule has 3 aromatic rings. The molecule has 0 atom stereocenters. The van der Waals surface area contributed by atoms with Gasteiger partial charge >= 0.3 is 6.01 Å². The molecule has 0 saturated heterocycles. The van der Waals surface area contributed by atoms with Gasteiger partial charge in [0.2, 0.25) is 5.13 Å². The molecule has 6 nitrogen and oxygen atoms in total. The molecule has 2 aromatic heterocycles. The second-order valence-electron chi connectivity index (χ2n) is 4.37. The van der Waals surface area contributed by atoms with Crippen LogP contribution in [0.2, 0.25) is 0 Å². The first-order valence-electron chi connectivity index (χ1n) is 6.56. The van der Waals surface area contributed by atoms with Gasteiger partial charge in [-0.25, -0.2) is 15.0 Å². The van der Waals surface area contributed by atoms with Gasteiger partial charge in [-0.1, -0.05) is 0 Å². The summed E-state index contributed by atoms with van der Waals surface area (Å²) < 4.78 is 5.52. The van der Waals surface area contributed by atoms with Gasteiger partial charge in [0.1, 0.15) is 5.75 Å². The standard InChI is InChI=1S/C15H13N5OS/c1-11-10-22-15(19-11)20-18-9-12-3-5-13(6-4-12)21-14-16-7-2-8-17-14/h2-10H,1H3,(H,19,20). The Morgan fingerprint density at radius 2 is 1.95 bits per heavy atom. The first-order chi connectivity index (χ1) is 10.8. The number of hydrazone groups is 1.